The minimum absolute atomic E-state index is 0.0836. The highest BCUT2D eigenvalue weighted by Gasteiger charge is 2.23. The van der Waals surface area contributed by atoms with Crippen LogP contribution in [0.2, 0.25) is 0 Å². The maximum atomic E-state index is 12.5. The van der Waals surface area contributed by atoms with Crippen molar-refractivity contribution >= 4 is 11.8 Å². The number of rotatable bonds is 6. The van der Waals surface area contributed by atoms with Gasteiger partial charge in [0.25, 0.3) is 5.91 Å². The fourth-order valence-electron chi connectivity index (χ4n) is 3.50. The molecule has 2 amide bonds. The van der Waals surface area contributed by atoms with Crippen molar-refractivity contribution in [1.29, 1.82) is 0 Å². The van der Waals surface area contributed by atoms with E-state index < -0.39 is 0 Å². The van der Waals surface area contributed by atoms with E-state index in [1.807, 2.05) is 11.0 Å². The quantitative estimate of drug-likeness (QED) is 0.856. The zero-order valence-corrected chi connectivity index (χ0v) is 15.9. The first-order valence-corrected chi connectivity index (χ1v) is 9.63. The van der Waals surface area contributed by atoms with Gasteiger partial charge >= 0.3 is 0 Å². The summed E-state index contributed by atoms with van der Waals surface area (Å²) in [5, 5.41) is 2.98. The average molecular weight is 365 g/mol. The van der Waals surface area contributed by atoms with Gasteiger partial charge in [-0.1, -0.05) is 29.8 Å². The number of carbonyl (C=O) groups excluding carboxylic acids is 2. The molecule has 2 aromatic rings. The first-order chi connectivity index (χ1) is 13.1. The number of benzene rings is 1. The minimum atomic E-state index is -0.0836. The van der Waals surface area contributed by atoms with Crippen LogP contribution in [0.4, 0.5) is 0 Å². The normalized spacial score (nSPS) is 14.8. The molecule has 0 bridgehead atoms. The molecule has 0 saturated carbocycles. The number of amides is 2. The number of pyridine rings is 1. The highest BCUT2D eigenvalue weighted by molar-refractivity contribution is 5.93. The van der Waals surface area contributed by atoms with E-state index in [0.29, 0.717) is 24.4 Å². The van der Waals surface area contributed by atoms with E-state index in [2.05, 4.69) is 35.4 Å². The molecule has 1 aliphatic rings. The fraction of sp³-hybridized carbons (Fsp3) is 0.409. The molecule has 1 aromatic heterocycles. The van der Waals surface area contributed by atoms with Gasteiger partial charge in [0.1, 0.15) is 0 Å². The first kappa shape index (κ1) is 19.1. The van der Waals surface area contributed by atoms with Crippen LogP contribution in [0.5, 0.6) is 0 Å². The molecule has 5 nitrogen and oxygen atoms in total. The number of carbonyl (C=O) groups is 2. The molecular weight excluding hydrogens is 338 g/mol. The first-order valence-electron chi connectivity index (χ1n) is 9.63. The van der Waals surface area contributed by atoms with Gasteiger partial charge in [0.05, 0.1) is 5.56 Å². The van der Waals surface area contributed by atoms with Crippen molar-refractivity contribution in [3.8, 4) is 0 Å². The van der Waals surface area contributed by atoms with Crippen LogP contribution in [0.1, 0.15) is 40.7 Å². The number of hydrogen-bond acceptors (Lipinski definition) is 3. The van der Waals surface area contributed by atoms with E-state index in [9.17, 15) is 9.59 Å². The molecule has 1 N–H and O–H groups in total. The predicted octanol–water partition coefficient (Wildman–Crippen LogP) is 2.99. The van der Waals surface area contributed by atoms with E-state index in [1.165, 1.54) is 11.1 Å². The molecule has 27 heavy (non-hydrogen) atoms. The molecule has 0 unspecified atom stereocenters. The number of nitrogens with one attached hydrogen (secondary N) is 1. The number of aromatic nitrogens is 1. The van der Waals surface area contributed by atoms with Gasteiger partial charge in [0.15, 0.2) is 0 Å². The molecule has 2 heterocycles. The third-order valence-corrected chi connectivity index (χ3v) is 5.15. The second-order valence-corrected chi connectivity index (χ2v) is 7.26. The van der Waals surface area contributed by atoms with Crippen LogP contribution in [0.25, 0.3) is 0 Å². The zero-order valence-electron chi connectivity index (χ0n) is 15.9. The lowest BCUT2D eigenvalue weighted by atomic mass is 9.96. The lowest BCUT2D eigenvalue weighted by molar-refractivity contribution is -0.132. The van der Waals surface area contributed by atoms with Gasteiger partial charge in [0, 0.05) is 38.4 Å². The number of aryl methyl sites for hydroxylation is 2. The molecule has 3 rings (SSSR count). The number of hydrogen-bond donors (Lipinski definition) is 1. The van der Waals surface area contributed by atoms with E-state index in [0.717, 1.165) is 32.4 Å². The highest BCUT2D eigenvalue weighted by atomic mass is 16.2. The maximum Gasteiger partial charge on any atom is 0.252 e. The summed E-state index contributed by atoms with van der Waals surface area (Å²) >= 11 is 0. The third kappa shape index (κ3) is 5.64. The van der Waals surface area contributed by atoms with Gasteiger partial charge in [-0.25, -0.2) is 0 Å². The predicted molar refractivity (Wildman–Crippen MR) is 105 cm³/mol. The molecule has 142 valence electrons. The summed E-state index contributed by atoms with van der Waals surface area (Å²) in [6.07, 6.45) is 6.45. The van der Waals surface area contributed by atoms with Gasteiger partial charge in [-0.2, -0.15) is 0 Å². The maximum absolute atomic E-state index is 12.5. The Hall–Kier alpha value is -2.69. The summed E-state index contributed by atoms with van der Waals surface area (Å²) in [7, 11) is 0. The molecule has 0 atom stereocenters. The lowest BCUT2D eigenvalue weighted by Crippen LogP contribution is -2.41. The summed E-state index contributed by atoms with van der Waals surface area (Å²) in [5.41, 5.74) is 3.03. The van der Waals surface area contributed by atoms with E-state index >= 15 is 0 Å². The Bertz CT molecular complexity index is 768. The summed E-state index contributed by atoms with van der Waals surface area (Å²) < 4.78 is 0. The number of likely N-dealkylation sites (tertiary alicyclic amines) is 1. The monoisotopic (exact) mass is 365 g/mol. The molecule has 1 saturated heterocycles. The standard InChI is InChI=1S/C22H27N3O2/c1-17-4-2-5-18(14-17)7-8-21(26)25-12-9-19(10-13-25)15-24-22(27)20-6-3-11-23-16-20/h2-6,11,14,16,19H,7-10,12-13,15H2,1H3,(H,24,27). The Morgan fingerprint density at radius 1 is 1.19 bits per heavy atom. The summed E-state index contributed by atoms with van der Waals surface area (Å²) in [4.78, 5) is 30.5. The van der Waals surface area contributed by atoms with Gasteiger partial charge in [-0.05, 0) is 49.8 Å². The Labute approximate surface area is 160 Å². The van der Waals surface area contributed by atoms with E-state index in [4.69, 9.17) is 0 Å². The van der Waals surface area contributed by atoms with Crippen LogP contribution in [0, 0.1) is 12.8 Å². The van der Waals surface area contributed by atoms with Crippen LogP contribution in [0.15, 0.2) is 48.8 Å². The van der Waals surface area contributed by atoms with Gasteiger partial charge in [-0.3, -0.25) is 14.6 Å². The van der Waals surface area contributed by atoms with Crippen LogP contribution in [0.3, 0.4) is 0 Å². The highest BCUT2D eigenvalue weighted by Crippen LogP contribution is 2.18. The second kappa shape index (κ2) is 9.31. The van der Waals surface area contributed by atoms with Crippen molar-refractivity contribution < 1.29 is 9.59 Å². The van der Waals surface area contributed by atoms with Crippen molar-refractivity contribution in [2.24, 2.45) is 5.92 Å². The van der Waals surface area contributed by atoms with Gasteiger partial charge in [-0.15, -0.1) is 0 Å². The zero-order chi connectivity index (χ0) is 19.1. The Morgan fingerprint density at radius 2 is 2.00 bits per heavy atom. The molecule has 0 radical (unpaired) electrons. The van der Waals surface area contributed by atoms with Crippen LogP contribution in [-0.2, 0) is 11.2 Å². The smallest absolute Gasteiger partial charge is 0.252 e. The number of nitrogens with zero attached hydrogens (tertiary/aromatic N) is 2. The summed E-state index contributed by atoms with van der Waals surface area (Å²) in [6, 6.07) is 11.9. The van der Waals surface area contributed by atoms with Crippen molar-refractivity contribution in [2.75, 3.05) is 19.6 Å². The lowest BCUT2D eigenvalue weighted by Gasteiger charge is -2.32. The fourth-order valence-corrected chi connectivity index (χ4v) is 3.50. The largest absolute Gasteiger partial charge is 0.352 e. The summed E-state index contributed by atoms with van der Waals surface area (Å²) in [6.45, 7) is 4.28. The Morgan fingerprint density at radius 3 is 2.70 bits per heavy atom. The molecule has 0 aliphatic carbocycles. The van der Waals surface area contributed by atoms with Crippen LogP contribution >= 0.6 is 0 Å². The SMILES string of the molecule is Cc1cccc(CCC(=O)N2CCC(CNC(=O)c3cccnc3)CC2)c1. The van der Waals surface area contributed by atoms with Crippen LogP contribution < -0.4 is 5.32 Å². The average Bonchev–Trinajstić information content (AvgIpc) is 2.71. The molecule has 1 fully saturated rings. The van der Waals surface area contributed by atoms with Gasteiger partial charge < -0.3 is 10.2 Å². The number of piperidine rings is 1. The molecular formula is C22H27N3O2. The van der Waals surface area contributed by atoms with Gasteiger partial charge in [0.2, 0.25) is 5.91 Å². The van der Waals surface area contributed by atoms with E-state index in [1.54, 1.807) is 24.5 Å². The molecule has 5 heteroatoms. The molecule has 0 spiro atoms. The topological polar surface area (TPSA) is 62.3 Å². The second-order valence-electron chi connectivity index (χ2n) is 7.26. The van der Waals surface area contributed by atoms with Crippen molar-refractivity contribution in [2.45, 2.75) is 32.6 Å². The van der Waals surface area contributed by atoms with Crippen molar-refractivity contribution in [1.82, 2.24) is 15.2 Å². The third-order valence-electron chi connectivity index (χ3n) is 5.15. The van der Waals surface area contributed by atoms with E-state index in [-0.39, 0.29) is 11.8 Å². The Balaban J connectivity index is 1.38. The van der Waals surface area contributed by atoms with Crippen LogP contribution in [-0.4, -0.2) is 41.3 Å². The summed E-state index contributed by atoms with van der Waals surface area (Å²) in [5.74, 6) is 0.570. The van der Waals surface area contributed by atoms with Crippen molar-refractivity contribution in [3.63, 3.8) is 0 Å². The van der Waals surface area contributed by atoms with Crippen molar-refractivity contribution in [3.05, 3.63) is 65.5 Å². The Kier molecular flexibility index (Phi) is 6.58. The molecule has 1 aliphatic heterocycles. The molecule has 1 aromatic carbocycles. The minimum Gasteiger partial charge on any atom is -0.352 e.